The van der Waals surface area contributed by atoms with Gasteiger partial charge < -0.3 is 14.6 Å². The number of hydrogen-bond donors (Lipinski definition) is 2. The third-order valence-electron chi connectivity index (χ3n) is 3.32. The molecule has 1 aliphatic heterocycles. The first-order valence-electron chi connectivity index (χ1n) is 7.14. The van der Waals surface area contributed by atoms with Crippen molar-refractivity contribution in [2.24, 2.45) is 0 Å². The largest absolute Gasteiger partial charge is 0.492 e. The fourth-order valence-corrected chi connectivity index (χ4v) is 3.71. The quantitative estimate of drug-likeness (QED) is 0.780. The second kappa shape index (κ2) is 7.14. The summed E-state index contributed by atoms with van der Waals surface area (Å²) in [5.41, 5.74) is -1.18. The fourth-order valence-electron chi connectivity index (χ4n) is 2.36. The Hall–Kier alpha value is -1.87. The van der Waals surface area contributed by atoms with Gasteiger partial charge in [0.2, 0.25) is 10.0 Å². The number of nitrogens with one attached hydrogen (secondary N) is 1. The molecule has 1 unspecified atom stereocenters. The highest BCUT2D eigenvalue weighted by Crippen LogP contribution is 2.32. The van der Waals surface area contributed by atoms with Crippen LogP contribution in [0.1, 0.15) is 30.1 Å². The number of hydrogen-bond acceptors (Lipinski definition) is 5. The number of carbonyl (C=O) groups is 1. The minimum atomic E-state index is -3.92. The smallest absolute Gasteiger partial charge is 0.340 e. The van der Waals surface area contributed by atoms with Crippen LogP contribution in [0.5, 0.6) is 5.75 Å². The number of carboxylic acids is 1. The highest BCUT2D eigenvalue weighted by Gasteiger charge is 2.28. The molecule has 23 heavy (non-hydrogen) atoms. The van der Waals surface area contributed by atoms with Gasteiger partial charge in [-0.2, -0.15) is 0 Å². The minimum absolute atomic E-state index is 0.0396. The van der Waals surface area contributed by atoms with E-state index in [1.54, 1.807) is 6.92 Å². The molecule has 1 aliphatic rings. The SMILES string of the molecule is CCOc1ccc(F)c(C(=O)O)c1NS(=O)(=O)CC1CCCO1. The van der Waals surface area contributed by atoms with Crippen molar-refractivity contribution in [2.75, 3.05) is 23.7 Å². The zero-order valence-corrected chi connectivity index (χ0v) is 13.4. The molecule has 2 N–H and O–H groups in total. The number of rotatable bonds is 7. The van der Waals surface area contributed by atoms with Crippen LogP contribution in [0.3, 0.4) is 0 Å². The predicted molar refractivity (Wildman–Crippen MR) is 80.9 cm³/mol. The lowest BCUT2D eigenvalue weighted by atomic mass is 10.1. The number of ether oxygens (including phenoxy) is 2. The first-order chi connectivity index (χ1) is 10.8. The van der Waals surface area contributed by atoms with Crippen molar-refractivity contribution < 1.29 is 32.2 Å². The van der Waals surface area contributed by atoms with Gasteiger partial charge in [0.15, 0.2) is 0 Å². The van der Waals surface area contributed by atoms with Crippen LogP contribution in [0.2, 0.25) is 0 Å². The molecule has 0 saturated carbocycles. The molecular weight excluding hydrogens is 329 g/mol. The first kappa shape index (κ1) is 17.5. The molecule has 1 aromatic carbocycles. The summed E-state index contributed by atoms with van der Waals surface area (Å²) in [6.07, 6.45) is 0.920. The molecule has 2 rings (SSSR count). The van der Waals surface area contributed by atoms with Crippen LogP contribution in [-0.4, -0.2) is 44.6 Å². The number of anilines is 1. The van der Waals surface area contributed by atoms with Gasteiger partial charge >= 0.3 is 5.97 Å². The topological polar surface area (TPSA) is 102 Å². The normalized spacial score (nSPS) is 17.9. The first-order valence-corrected chi connectivity index (χ1v) is 8.80. The summed E-state index contributed by atoms with van der Waals surface area (Å²) >= 11 is 0. The third-order valence-corrected chi connectivity index (χ3v) is 4.64. The van der Waals surface area contributed by atoms with Gasteiger partial charge in [-0.05, 0) is 31.9 Å². The summed E-state index contributed by atoms with van der Waals surface area (Å²) in [5.74, 6) is -2.99. The maximum absolute atomic E-state index is 13.8. The maximum atomic E-state index is 13.8. The van der Waals surface area contributed by atoms with Gasteiger partial charge in [0.05, 0.1) is 18.5 Å². The average Bonchev–Trinajstić information content (AvgIpc) is 2.93. The molecule has 0 bridgehead atoms. The average molecular weight is 347 g/mol. The highest BCUT2D eigenvalue weighted by molar-refractivity contribution is 7.92. The molecule has 1 fully saturated rings. The van der Waals surface area contributed by atoms with Gasteiger partial charge in [0.25, 0.3) is 0 Å². The molecule has 1 aromatic rings. The van der Waals surface area contributed by atoms with Crippen LogP contribution in [0.15, 0.2) is 12.1 Å². The van der Waals surface area contributed by atoms with Crippen LogP contribution in [0.4, 0.5) is 10.1 Å². The number of halogens is 1. The highest BCUT2D eigenvalue weighted by atomic mass is 32.2. The zero-order chi connectivity index (χ0) is 17.0. The Morgan fingerprint density at radius 1 is 1.52 bits per heavy atom. The van der Waals surface area contributed by atoms with Gasteiger partial charge in [-0.25, -0.2) is 17.6 Å². The number of benzene rings is 1. The lowest BCUT2D eigenvalue weighted by Crippen LogP contribution is -2.27. The number of sulfonamides is 1. The van der Waals surface area contributed by atoms with E-state index in [1.165, 1.54) is 6.07 Å². The standard InChI is InChI=1S/C14H18FNO6S/c1-2-21-11-6-5-10(15)12(14(17)18)13(11)16-23(19,20)8-9-4-3-7-22-9/h5-6,9,16H,2-4,7-8H2,1H3,(H,17,18). The second-order valence-corrected chi connectivity index (χ2v) is 6.82. The summed E-state index contributed by atoms with van der Waals surface area (Å²) in [5, 5.41) is 9.17. The van der Waals surface area contributed by atoms with Crippen molar-refractivity contribution in [3.8, 4) is 5.75 Å². The molecule has 1 saturated heterocycles. The Morgan fingerprint density at radius 2 is 2.26 bits per heavy atom. The predicted octanol–water partition coefficient (Wildman–Crippen LogP) is 1.84. The molecule has 9 heteroatoms. The van der Waals surface area contributed by atoms with Crippen LogP contribution in [0.25, 0.3) is 0 Å². The van der Waals surface area contributed by atoms with Crippen LogP contribution in [-0.2, 0) is 14.8 Å². The summed E-state index contributed by atoms with van der Waals surface area (Å²) in [4.78, 5) is 11.3. The second-order valence-electron chi connectivity index (χ2n) is 5.05. The monoisotopic (exact) mass is 347 g/mol. The zero-order valence-electron chi connectivity index (χ0n) is 12.5. The molecule has 7 nitrogen and oxygen atoms in total. The maximum Gasteiger partial charge on any atom is 0.340 e. The molecule has 0 amide bonds. The van der Waals surface area contributed by atoms with E-state index >= 15 is 0 Å². The van der Waals surface area contributed by atoms with Crippen LogP contribution >= 0.6 is 0 Å². The van der Waals surface area contributed by atoms with E-state index < -0.39 is 39.2 Å². The fraction of sp³-hybridized carbons (Fsp3) is 0.500. The van der Waals surface area contributed by atoms with Gasteiger partial charge in [-0.3, -0.25) is 4.72 Å². The van der Waals surface area contributed by atoms with Crippen molar-refractivity contribution in [3.63, 3.8) is 0 Å². The van der Waals surface area contributed by atoms with E-state index in [2.05, 4.69) is 4.72 Å². The van der Waals surface area contributed by atoms with E-state index in [0.29, 0.717) is 13.0 Å². The summed E-state index contributed by atoms with van der Waals surface area (Å²) in [7, 11) is -3.92. The molecule has 1 atom stereocenters. The van der Waals surface area contributed by atoms with Crippen LogP contribution in [0, 0.1) is 5.82 Å². The number of aromatic carboxylic acids is 1. The van der Waals surface area contributed by atoms with E-state index in [-0.39, 0.29) is 18.1 Å². The van der Waals surface area contributed by atoms with Gasteiger partial charge in [-0.15, -0.1) is 0 Å². The molecule has 0 aromatic heterocycles. The van der Waals surface area contributed by atoms with Crippen molar-refractivity contribution >= 4 is 21.7 Å². The van der Waals surface area contributed by atoms with Gasteiger partial charge in [0, 0.05) is 6.61 Å². The third kappa shape index (κ3) is 4.32. The van der Waals surface area contributed by atoms with E-state index in [4.69, 9.17) is 14.6 Å². The minimum Gasteiger partial charge on any atom is -0.492 e. The Labute approximate surface area is 133 Å². The number of carboxylic acid groups (broad SMARTS) is 1. The molecular formula is C14H18FNO6S. The van der Waals surface area contributed by atoms with Gasteiger partial charge in [0.1, 0.15) is 22.8 Å². The lowest BCUT2D eigenvalue weighted by molar-refractivity contribution is 0.0692. The Bertz CT molecular complexity index is 685. The molecule has 0 spiro atoms. The van der Waals surface area contributed by atoms with E-state index in [1.807, 2.05) is 0 Å². The summed E-state index contributed by atoms with van der Waals surface area (Å²) in [6.45, 7) is 2.31. The molecule has 1 heterocycles. The van der Waals surface area contributed by atoms with Crippen molar-refractivity contribution in [1.82, 2.24) is 0 Å². The van der Waals surface area contributed by atoms with Crippen molar-refractivity contribution in [3.05, 3.63) is 23.5 Å². The Morgan fingerprint density at radius 3 is 2.83 bits per heavy atom. The van der Waals surface area contributed by atoms with Crippen molar-refractivity contribution in [1.29, 1.82) is 0 Å². The molecule has 128 valence electrons. The lowest BCUT2D eigenvalue weighted by Gasteiger charge is -2.17. The van der Waals surface area contributed by atoms with E-state index in [9.17, 15) is 17.6 Å². The Balaban J connectivity index is 2.35. The summed E-state index contributed by atoms with van der Waals surface area (Å²) in [6, 6.07) is 2.11. The van der Waals surface area contributed by atoms with Crippen molar-refractivity contribution in [2.45, 2.75) is 25.9 Å². The van der Waals surface area contributed by atoms with Gasteiger partial charge in [-0.1, -0.05) is 0 Å². The Kier molecular flexibility index (Phi) is 5.42. The molecule has 0 aliphatic carbocycles. The van der Waals surface area contributed by atoms with E-state index in [0.717, 1.165) is 12.5 Å². The molecule has 0 radical (unpaired) electrons. The summed E-state index contributed by atoms with van der Waals surface area (Å²) < 4.78 is 50.9. The van der Waals surface area contributed by atoms with Crippen LogP contribution < -0.4 is 9.46 Å².